The molecule has 4 fully saturated rings. The highest BCUT2D eigenvalue weighted by Gasteiger charge is 2.84. The minimum absolute atomic E-state index is 0.0391. The highest BCUT2D eigenvalue weighted by atomic mass is 16.6. The fourth-order valence-corrected chi connectivity index (χ4v) is 9.98. The van der Waals surface area contributed by atoms with Gasteiger partial charge in [0.05, 0.1) is 11.7 Å². The van der Waals surface area contributed by atoms with Crippen molar-refractivity contribution in [3.8, 4) is 0 Å². The van der Waals surface area contributed by atoms with Crippen molar-refractivity contribution < 1.29 is 24.5 Å². The number of hydrogen-bond acceptors (Lipinski definition) is 5. The number of aliphatic hydroxyl groups is 2. The van der Waals surface area contributed by atoms with E-state index in [1.165, 1.54) is 11.1 Å². The molecule has 0 aromatic heterocycles. The lowest BCUT2D eigenvalue weighted by Gasteiger charge is -2.60. The lowest BCUT2D eigenvalue weighted by molar-refractivity contribution is -0.201. The molecule has 2 heterocycles. The lowest BCUT2D eigenvalue weighted by Crippen LogP contribution is -2.64. The van der Waals surface area contributed by atoms with Gasteiger partial charge in [-0.05, 0) is 100 Å². The molecule has 2 saturated carbocycles. The van der Waals surface area contributed by atoms with E-state index in [0.29, 0.717) is 18.8 Å². The Morgan fingerprint density at radius 3 is 2.29 bits per heavy atom. The minimum Gasteiger partial charge on any atom is -0.453 e. The third-order valence-corrected chi connectivity index (χ3v) is 12.3. The topological polar surface area (TPSA) is 76.0 Å². The Kier molecular flexibility index (Phi) is 4.58. The smallest absolute Gasteiger partial charge is 0.317 e. The van der Waals surface area contributed by atoms with Crippen molar-refractivity contribution in [2.75, 3.05) is 0 Å². The van der Waals surface area contributed by atoms with Crippen LogP contribution < -0.4 is 0 Å². The van der Waals surface area contributed by atoms with Crippen LogP contribution in [0.5, 0.6) is 0 Å². The second-order valence-corrected chi connectivity index (χ2v) is 14.5. The number of ether oxygens (including phenoxy) is 2. The molecule has 4 aliphatic carbocycles. The van der Waals surface area contributed by atoms with Crippen LogP contribution in [-0.2, 0) is 14.3 Å². The zero-order valence-electron chi connectivity index (χ0n) is 22.7. The maximum absolute atomic E-state index is 14.0. The molecule has 1 spiro atoms. The standard InChI is InChI=1S/C30H44O5/c1-24(2)13-12-22(34-24)28(7)30(33)17-16-27(6)19-8-9-20-25(3,4)21(31)11-14-26(20,5)18(19)10-15-29(27,30)23(32)35-28/h8,10,20-22,31,33H,9,11-17H2,1-7H3/t20-,21-,22-,26+,27-,28-,29+,30-/m0/s1. The Bertz CT molecular complexity index is 1050. The Morgan fingerprint density at radius 2 is 1.63 bits per heavy atom. The summed E-state index contributed by atoms with van der Waals surface area (Å²) in [5.74, 6) is 0.0975. The lowest BCUT2D eigenvalue weighted by atomic mass is 9.43. The van der Waals surface area contributed by atoms with Crippen LogP contribution in [0.1, 0.15) is 99.8 Å². The predicted octanol–water partition coefficient (Wildman–Crippen LogP) is 5.24. The van der Waals surface area contributed by atoms with Gasteiger partial charge in [0.1, 0.15) is 17.1 Å². The Balaban J connectivity index is 1.46. The van der Waals surface area contributed by atoms with Crippen molar-refractivity contribution >= 4 is 5.97 Å². The Hall–Kier alpha value is -1.17. The van der Waals surface area contributed by atoms with Crippen LogP contribution in [0, 0.1) is 27.6 Å². The number of aliphatic hydroxyl groups excluding tert-OH is 1. The number of carbonyl (C=O) groups is 1. The van der Waals surface area contributed by atoms with Gasteiger partial charge in [0.15, 0.2) is 5.60 Å². The SMILES string of the molecule is CC1(C)CC[C@@H]([C@]2(C)OC(=O)[C@]34CC=C5C(=CC[C@H]6C(C)(C)[C@@H](O)CC[C@]56C)[C@]3(C)CC[C@@]42O)O1. The molecule has 0 aromatic carbocycles. The van der Waals surface area contributed by atoms with Gasteiger partial charge in [0, 0.05) is 5.41 Å². The molecular weight excluding hydrogens is 440 g/mol. The molecule has 2 N–H and O–H groups in total. The van der Waals surface area contributed by atoms with E-state index in [0.717, 1.165) is 38.5 Å². The number of hydrogen-bond donors (Lipinski definition) is 2. The first-order chi connectivity index (χ1) is 16.1. The molecule has 0 radical (unpaired) electrons. The number of rotatable bonds is 1. The molecule has 0 bridgehead atoms. The van der Waals surface area contributed by atoms with Crippen molar-refractivity contribution in [1.29, 1.82) is 0 Å². The normalized spacial score (nSPS) is 53.6. The van der Waals surface area contributed by atoms with Gasteiger partial charge >= 0.3 is 5.97 Å². The van der Waals surface area contributed by atoms with Crippen LogP contribution in [-0.4, -0.2) is 45.2 Å². The Labute approximate surface area is 210 Å². The summed E-state index contributed by atoms with van der Waals surface area (Å²) in [6.07, 6.45) is 10.1. The molecule has 35 heavy (non-hydrogen) atoms. The summed E-state index contributed by atoms with van der Waals surface area (Å²) in [6.45, 7) is 15.1. The zero-order valence-corrected chi connectivity index (χ0v) is 22.7. The van der Waals surface area contributed by atoms with E-state index in [1.807, 2.05) is 6.92 Å². The second-order valence-electron chi connectivity index (χ2n) is 14.5. The van der Waals surface area contributed by atoms with Gasteiger partial charge in [0.2, 0.25) is 0 Å². The fourth-order valence-electron chi connectivity index (χ4n) is 9.98. The first-order valence-electron chi connectivity index (χ1n) is 13.8. The Morgan fingerprint density at radius 1 is 0.914 bits per heavy atom. The van der Waals surface area contributed by atoms with Crippen LogP contribution >= 0.6 is 0 Å². The van der Waals surface area contributed by atoms with Crippen LogP contribution in [0.25, 0.3) is 0 Å². The summed E-state index contributed by atoms with van der Waals surface area (Å²) in [4.78, 5) is 14.0. The number of cyclic esters (lactones) is 1. The minimum atomic E-state index is -1.28. The second kappa shape index (κ2) is 6.63. The molecule has 0 unspecified atom stereocenters. The van der Waals surface area contributed by atoms with Crippen molar-refractivity contribution in [3.05, 3.63) is 23.3 Å². The van der Waals surface area contributed by atoms with E-state index < -0.39 is 22.0 Å². The molecule has 0 aromatic rings. The van der Waals surface area contributed by atoms with Crippen LogP contribution in [0.15, 0.2) is 23.3 Å². The molecule has 5 nitrogen and oxygen atoms in total. The number of allylic oxidation sites excluding steroid dienone is 4. The van der Waals surface area contributed by atoms with Gasteiger partial charge in [-0.1, -0.05) is 39.8 Å². The number of carbonyl (C=O) groups excluding carboxylic acids is 1. The first kappa shape index (κ1) is 24.2. The zero-order chi connectivity index (χ0) is 25.4. The number of esters is 1. The molecule has 6 aliphatic rings. The first-order valence-corrected chi connectivity index (χ1v) is 13.8. The van der Waals surface area contributed by atoms with Gasteiger partial charge in [-0.25, -0.2) is 0 Å². The van der Waals surface area contributed by atoms with E-state index in [-0.39, 0.29) is 34.6 Å². The average molecular weight is 485 g/mol. The number of fused-ring (bicyclic) bond motifs is 4. The average Bonchev–Trinajstić information content (AvgIpc) is 3.32. The summed E-state index contributed by atoms with van der Waals surface area (Å²) in [5, 5.41) is 23.4. The van der Waals surface area contributed by atoms with Crippen molar-refractivity contribution in [2.24, 2.45) is 27.6 Å². The molecule has 5 heteroatoms. The van der Waals surface area contributed by atoms with E-state index in [4.69, 9.17) is 9.47 Å². The maximum atomic E-state index is 14.0. The van der Waals surface area contributed by atoms with Gasteiger partial charge in [-0.15, -0.1) is 0 Å². The third-order valence-electron chi connectivity index (χ3n) is 12.3. The highest BCUT2D eigenvalue weighted by molar-refractivity contribution is 5.87. The summed E-state index contributed by atoms with van der Waals surface area (Å²) < 4.78 is 12.7. The van der Waals surface area contributed by atoms with Crippen LogP contribution in [0.4, 0.5) is 0 Å². The molecule has 2 saturated heterocycles. The van der Waals surface area contributed by atoms with E-state index >= 15 is 0 Å². The van der Waals surface area contributed by atoms with Gasteiger partial charge in [-0.2, -0.15) is 0 Å². The molecule has 8 atom stereocenters. The summed E-state index contributed by atoms with van der Waals surface area (Å²) >= 11 is 0. The molecule has 194 valence electrons. The van der Waals surface area contributed by atoms with Crippen molar-refractivity contribution in [2.45, 2.75) is 129 Å². The van der Waals surface area contributed by atoms with E-state index in [2.05, 4.69) is 53.7 Å². The molecular formula is C30H44O5. The van der Waals surface area contributed by atoms with Crippen molar-refractivity contribution in [3.63, 3.8) is 0 Å². The van der Waals surface area contributed by atoms with Gasteiger partial charge in [-0.3, -0.25) is 4.79 Å². The fraction of sp³-hybridized carbons (Fsp3) is 0.833. The van der Waals surface area contributed by atoms with Crippen LogP contribution in [0.3, 0.4) is 0 Å². The van der Waals surface area contributed by atoms with E-state index in [9.17, 15) is 15.0 Å². The summed E-state index contributed by atoms with van der Waals surface area (Å²) in [6, 6.07) is 0. The quantitative estimate of drug-likeness (QED) is 0.498. The van der Waals surface area contributed by atoms with Gasteiger partial charge < -0.3 is 19.7 Å². The van der Waals surface area contributed by atoms with Gasteiger partial charge in [0.25, 0.3) is 0 Å². The van der Waals surface area contributed by atoms with Crippen molar-refractivity contribution in [1.82, 2.24) is 0 Å². The van der Waals surface area contributed by atoms with E-state index in [1.54, 1.807) is 0 Å². The van der Waals surface area contributed by atoms with Crippen LogP contribution in [0.2, 0.25) is 0 Å². The monoisotopic (exact) mass is 484 g/mol. The maximum Gasteiger partial charge on any atom is 0.317 e. The third kappa shape index (κ3) is 2.50. The molecule has 2 aliphatic heterocycles. The molecule has 0 amide bonds. The molecule has 6 rings (SSSR count). The highest BCUT2D eigenvalue weighted by Crippen LogP contribution is 2.76. The summed E-state index contributed by atoms with van der Waals surface area (Å²) in [5.41, 5.74) is -1.69. The largest absolute Gasteiger partial charge is 0.453 e. The summed E-state index contributed by atoms with van der Waals surface area (Å²) in [7, 11) is 0. The predicted molar refractivity (Wildman–Crippen MR) is 133 cm³/mol.